The van der Waals surface area contributed by atoms with Gasteiger partial charge in [0, 0.05) is 12.0 Å². The summed E-state index contributed by atoms with van der Waals surface area (Å²) in [5, 5.41) is 3.37. The van der Waals surface area contributed by atoms with Crippen molar-refractivity contribution in [3.8, 4) is 5.75 Å². The van der Waals surface area contributed by atoms with Crippen LogP contribution in [-0.2, 0) is 6.42 Å². The van der Waals surface area contributed by atoms with E-state index in [4.69, 9.17) is 4.74 Å². The zero-order chi connectivity index (χ0) is 13.4. The molecule has 0 radical (unpaired) electrons. The second-order valence-corrected chi connectivity index (χ2v) is 5.63. The molecular formula is C16H27NO. The third kappa shape index (κ3) is 5.54. The van der Waals surface area contributed by atoms with Crippen molar-refractivity contribution in [2.75, 3.05) is 19.7 Å². The van der Waals surface area contributed by atoms with Crippen LogP contribution in [0.5, 0.6) is 5.75 Å². The molecule has 102 valence electrons. The average molecular weight is 249 g/mol. The number of aryl methyl sites for hydroxylation is 1. The number of ether oxygens (including phenoxy) is 1. The number of nitrogens with one attached hydrogen (secondary N) is 1. The van der Waals surface area contributed by atoms with Crippen LogP contribution in [0.4, 0.5) is 0 Å². The van der Waals surface area contributed by atoms with Gasteiger partial charge in [0.2, 0.25) is 0 Å². The van der Waals surface area contributed by atoms with Gasteiger partial charge >= 0.3 is 0 Å². The van der Waals surface area contributed by atoms with Crippen molar-refractivity contribution < 1.29 is 4.74 Å². The summed E-state index contributed by atoms with van der Waals surface area (Å²) in [7, 11) is 0. The predicted octanol–water partition coefficient (Wildman–Crippen LogP) is 3.65. The van der Waals surface area contributed by atoms with E-state index in [1.54, 1.807) is 0 Å². The van der Waals surface area contributed by atoms with Gasteiger partial charge in [0.15, 0.2) is 0 Å². The van der Waals surface area contributed by atoms with Crippen LogP contribution in [0.2, 0.25) is 0 Å². The summed E-state index contributed by atoms with van der Waals surface area (Å²) < 4.78 is 5.86. The Labute approximate surface area is 112 Å². The normalized spacial score (nSPS) is 11.6. The van der Waals surface area contributed by atoms with E-state index in [1.807, 2.05) is 0 Å². The second-order valence-electron chi connectivity index (χ2n) is 5.63. The average Bonchev–Trinajstić information content (AvgIpc) is 2.36. The first-order valence-corrected chi connectivity index (χ1v) is 7.00. The summed E-state index contributed by atoms with van der Waals surface area (Å²) in [6, 6.07) is 8.48. The van der Waals surface area contributed by atoms with E-state index in [0.29, 0.717) is 0 Å². The molecule has 0 unspecified atom stereocenters. The van der Waals surface area contributed by atoms with E-state index >= 15 is 0 Å². The Kier molecular flexibility index (Phi) is 6.20. The molecule has 0 aromatic heterocycles. The van der Waals surface area contributed by atoms with E-state index in [1.165, 1.54) is 12.0 Å². The van der Waals surface area contributed by atoms with Gasteiger partial charge in [0.25, 0.3) is 0 Å². The van der Waals surface area contributed by atoms with Crippen LogP contribution < -0.4 is 10.1 Å². The lowest BCUT2D eigenvalue weighted by Crippen LogP contribution is -2.34. The van der Waals surface area contributed by atoms with Crippen molar-refractivity contribution >= 4 is 0 Å². The van der Waals surface area contributed by atoms with Crippen LogP contribution in [0.1, 0.15) is 39.7 Å². The van der Waals surface area contributed by atoms with Gasteiger partial charge in [0.05, 0.1) is 6.61 Å². The summed E-state index contributed by atoms with van der Waals surface area (Å²) in [6.07, 6.45) is 2.34. The van der Waals surface area contributed by atoms with Crippen molar-refractivity contribution in [3.05, 3.63) is 29.8 Å². The Morgan fingerprint density at radius 2 is 1.78 bits per heavy atom. The van der Waals surface area contributed by atoms with Crippen molar-refractivity contribution in [2.24, 2.45) is 5.41 Å². The van der Waals surface area contributed by atoms with Gasteiger partial charge in [-0.2, -0.15) is 0 Å². The van der Waals surface area contributed by atoms with Gasteiger partial charge in [-0.3, -0.25) is 0 Å². The van der Waals surface area contributed by atoms with E-state index in [2.05, 4.69) is 57.3 Å². The summed E-state index contributed by atoms with van der Waals surface area (Å²) in [6.45, 7) is 11.5. The number of rotatable bonds is 8. The largest absolute Gasteiger partial charge is 0.493 e. The Bertz CT molecular complexity index is 329. The van der Waals surface area contributed by atoms with Crippen LogP contribution in [0.25, 0.3) is 0 Å². The molecule has 0 spiro atoms. The molecule has 2 nitrogen and oxygen atoms in total. The minimum Gasteiger partial charge on any atom is -0.493 e. The first-order chi connectivity index (χ1) is 8.57. The van der Waals surface area contributed by atoms with E-state index < -0.39 is 0 Å². The summed E-state index contributed by atoms with van der Waals surface area (Å²) in [5.74, 6) is 0.972. The van der Waals surface area contributed by atoms with Crippen molar-refractivity contribution in [1.82, 2.24) is 5.32 Å². The van der Waals surface area contributed by atoms with Gasteiger partial charge in [-0.05, 0) is 30.7 Å². The Morgan fingerprint density at radius 3 is 2.33 bits per heavy atom. The quantitative estimate of drug-likeness (QED) is 0.759. The fourth-order valence-electron chi connectivity index (χ4n) is 1.83. The van der Waals surface area contributed by atoms with Crippen LogP contribution >= 0.6 is 0 Å². The van der Waals surface area contributed by atoms with Gasteiger partial charge in [0.1, 0.15) is 5.75 Å². The van der Waals surface area contributed by atoms with E-state index in [9.17, 15) is 0 Å². The zero-order valence-electron chi connectivity index (χ0n) is 12.3. The monoisotopic (exact) mass is 249 g/mol. The van der Waals surface area contributed by atoms with Crippen LogP contribution in [0.3, 0.4) is 0 Å². The molecule has 0 amide bonds. The highest BCUT2D eigenvalue weighted by Gasteiger charge is 2.18. The molecule has 1 N–H and O–H groups in total. The lowest BCUT2D eigenvalue weighted by Gasteiger charge is -2.25. The number of benzene rings is 1. The molecule has 0 saturated heterocycles. The molecule has 18 heavy (non-hydrogen) atoms. The first-order valence-electron chi connectivity index (χ1n) is 7.00. The predicted molar refractivity (Wildman–Crippen MR) is 78.3 cm³/mol. The standard InChI is InChI=1S/C16H27NO/c1-5-7-14-8-10-15(11-9-14)18-13-16(3,4)12-17-6-2/h8-11,17H,5-7,12-13H2,1-4H3. The van der Waals surface area contributed by atoms with Gasteiger partial charge in [-0.25, -0.2) is 0 Å². The lowest BCUT2D eigenvalue weighted by atomic mass is 9.95. The topological polar surface area (TPSA) is 21.3 Å². The fourth-order valence-corrected chi connectivity index (χ4v) is 1.83. The highest BCUT2D eigenvalue weighted by atomic mass is 16.5. The highest BCUT2D eigenvalue weighted by Crippen LogP contribution is 2.19. The molecule has 0 atom stereocenters. The fraction of sp³-hybridized carbons (Fsp3) is 0.625. The van der Waals surface area contributed by atoms with Crippen molar-refractivity contribution in [2.45, 2.75) is 40.5 Å². The molecule has 2 heteroatoms. The van der Waals surface area contributed by atoms with Gasteiger partial charge in [-0.1, -0.05) is 46.2 Å². The summed E-state index contributed by atoms with van der Waals surface area (Å²) in [5.41, 5.74) is 1.55. The Morgan fingerprint density at radius 1 is 1.11 bits per heavy atom. The summed E-state index contributed by atoms with van der Waals surface area (Å²) >= 11 is 0. The van der Waals surface area contributed by atoms with Crippen LogP contribution in [0, 0.1) is 5.41 Å². The molecule has 0 aliphatic carbocycles. The molecular weight excluding hydrogens is 222 g/mol. The molecule has 1 aromatic carbocycles. The highest BCUT2D eigenvalue weighted by molar-refractivity contribution is 5.27. The Balaban J connectivity index is 2.42. The lowest BCUT2D eigenvalue weighted by molar-refractivity contribution is 0.177. The maximum atomic E-state index is 5.86. The molecule has 0 aliphatic rings. The third-order valence-electron chi connectivity index (χ3n) is 2.95. The van der Waals surface area contributed by atoms with Crippen LogP contribution in [-0.4, -0.2) is 19.7 Å². The zero-order valence-corrected chi connectivity index (χ0v) is 12.3. The summed E-state index contributed by atoms with van der Waals surface area (Å²) in [4.78, 5) is 0. The molecule has 0 fully saturated rings. The van der Waals surface area contributed by atoms with E-state index in [-0.39, 0.29) is 5.41 Å². The van der Waals surface area contributed by atoms with Crippen molar-refractivity contribution in [1.29, 1.82) is 0 Å². The molecule has 0 heterocycles. The first kappa shape index (κ1) is 15.0. The molecule has 0 aliphatic heterocycles. The Hall–Kier alpha value is -1.02. The smallest absolute Gasteiger partial charge is 0.119 e. The minimum atomic E-state index is 0.165. The molecule has 0 saturated carbocycles. The minimum absolute atomic E-state index is 0.165. The molecule has 0 bridgehead atoms. The van der Waals surface area contributed by atoms with Gasteiger partial charge < -0.3 is 10.1 Å². The number of hydrogen-bond donors (Lipinski definition) is 1. The SMILES string of the molecule is CCCc1ccc(OCC(C)(C)CNCC)cc1. The maximum Gasteiger partial charge on any atom is 0.119 e. The van der Waals surface area contributed by atoms with Crippen molar-refractivity contribution in [3.63, 3.8) is 0 Å². The van der Waals surface area contributed by atoms with E-state index in [0.717, 1.165) is 31.9 Å². The van der Waals surface area contributed by atoms with Crippen LogP contribution in [0.15, 0.2) is 24.3 Å². The second kappa shape index (κ2) is 7.42. The van der Waals surface area contributed by atoms with Gasteiger partial charge in [-0.15, -0.1) is 0 Å². The maximum absolute atomic E-state index is 5.86. The third-order valence-corrected chi connectivity index (χ3v) is 2.95. The number of hydrogen-bond acceptors (Lipinski definition) is 2. The molecule has 1 rings (SSSR count). The molecule has 1 aromatic rings.